The number of aromatic nitrogens is 4. The van der Waals surface area contributed by atoms with Crippen LogP contribution in [0.2, 0.25) is 0 Å². The van der Waals surface area contributed by atoms with Crippen LogP contribution in [0.15, 0.2) is 85.1 Å². The number of anilines is 1. The first-order valence-corrected chi connectivity index (χ1v) is 16.5. The van der Waals surface area contributed by atoms with E-state index in [1.165, 1.54) is 12.7 Å². The first kappa shape index (κ1) is 30.1. The maximum absolute atomic E-state index is 12.1. The van der Waals surface area contributed by atoms with Crippen LogP contribution in [0.1, 0.15) is 51.0 Å². The van der Waals surface area contributed by atoms with E-state index in [2.05, 4.69) is 64.7 Å². The Morgan fingerprint density at radius 2 is 1.63 bits per heavy atom. The van der Waals surface area contributed by atoms with E-state index in [1.54, 1.807) is 6.20 Å². The molecule has 2 N–H and O–H groups in total. The van der Waals surface area contributed by atoms with Crippen LogP contribution in [0.3, 0.4) is 0 Å². The summed E-state index contributed by atoms with van der Waals surface area (Å²) in [7, 11) is 1.50. The fourth-order valence-corrected chi connectivity index (χ4v) is 7.75. The number of nitrogens with two attached hydrogens (primary N) is 1. The molecule has 236 valence electrons. The molecule has 46 heavy (non-hydrogen) atoms. The van der Waals surface area contributed by atoms with Crippen molar-refractivity contribution in [2.45, 2.75) is 51.5 Å². The molecule has 2 fully saturated rings. The fraction of sp³-hybridized carbons (Fsp3) is 0.368. The molecule has 2 aliphatic rings. The monoisotopic (exact) mass is 614 g/mol. The van der Waals surface area contributed by atoms with Gasteiger partial charge in [-0.05, 0) is 79.5 Å². The molecule has 8 nitrogen and oxygen atoms in total. The Hall–Kier alpha value is -4.56. The van der Waals surface area contributed by atoms with Crippen LogP contribution in [0.25, 0.3) is 39.5 Å². The van der Waals surface area contributed by atoms with Crippen molar-refractivity contribution in [2.24, 2.45) is 17.8 Å². The SMILES string of the molecule is COC(=O)[C@H]1CC[C@H]([C@H](C(C)C)N2CC(c3ccc(-n4c(-c5cccnc5N)nc5ccc(-c6ccccc6)nc54)cc3)C2)CC1. The minimum absolute atomic E-state index is 0.0425. The highest BCUT2D eigenvalue weighted by molar-refractivity contribution is 5.84. The molecule has 5 aromatic rings. The van der Waals surface area contributed by atoms with Crippen LogP contribution in [0.4, 0.5) is 5.82 Å². The standard InChI is InChI=1S/C38H42N6O2/c1-24(2)34(27-11-13-28(14-12-27)38(45)46-3)43-22-29(23-43)25-15-17-30(18-16-25)44-36(31-10-7-21-40-35(31)39)42-33-20-19-32(41-37(33)44)26-8-5-4-6-9-26/h4-10,15-21,24,27-29,34H,11-14,22-23H2,1-3H3,(H2,39,40)/t27-,28-,34-/m0/s1. The molecule has 0 unspecified atom stereocenters. The Balaban J connectivity index is 1.14. The van der Waals surface area contributed by atoms with E-state index >= 15 is 0 Å². The predicted octanol–water partition coefficient (Wildman–Crippen LogP) is 7.13. The number of esters is 1. The largest absolute Gasteiger partial charge is 0.469 e. The van der Waals surface area contributed by atoms with Crippen LogP contribution in [-0.4, -0.2) is 56.6 Å². The Kier molecular flexibility index (Phi) is 8.30. The first-order valence-electron chi connectivity index (χ1n) is 16.5. The quantitative estimate of drug-likeness (QED) is 0.186. The molecule has 1 aliphatic heterocycles. The zero-order valence-electron chi connectivity index (χ0n) is 26.8. The van der Waals surface area contributed by atoms with Gasteiger partial charge in [0.05, 0.1) is 24.3 Å². The number of carbonyl (C=O) groups excluding carboxylic acids is 1. The number of pyridine rings is 2. The maximum Gasteiger partial charge on any atom is 0.308 e. The zero-order valence-corrected chi connectivity index (χ0v) is 26.8. The Morgan fingerprint density at radius 1 is 0.891 bits per heavy atom. The highest BCUT2D eigenvalue weighted by Gasteiger charge is 2.40. The molecule has 8 heteroatoms. The highest BCUT2D eigenvalue weighted by Crippen LogP contribution is 2.40. The van der Waals surface area contributed by atoms with Gasteiger partial charge < -0.3 is 10.5 Å². The summed E-state index contributed by atoms with van der Waals surface area (Å²) in [5.74, 6) is 2.89. The Bertz CT molecular complexity index is 1820. The molecule has 2 aromatic carbocycles. The fourth-order valence-electron chi connectivity index (χ4n) is 7.75. The van der Waals surface area contributed by atoms with Crippen molar-refractivity contribution >= 4 is 23.0 Å². The summed E-state index contributed by atoms with van der Waals surface area (Å²) in [5.41, 5.74) is 13.0. The minimum atomic E-state index is -0.0425. The number of benzene rings is 2. The van der Waals surface area contributed by atoms with E-state index in [1.807, 2.05) is 42.5 Å². The second-order valence-corrected chi connectivity index (χ2v) is 13.2. The number of ether oxygens (including phenoxy) is 1. The second-order valence-electron chi connectivity index (χ2n) is 13.2. The van der Waals surface area contributed by atoms with Gasteiger partial charge in [0.1, 0.15) is 11.3 Å². The highest BCUT2D eigenvalue weighted by atomic mass is 16.5. The summed E-state index contributed by atoms with van der Waals surface area (Å²) in [4.78, 5) is 29.2. The normalized spacial score (nSPS) is 19.7. The predicted molar refractivity (Wildman–Crippen MR) is 182 cm³/mol. The summed E-state index contributed by atoms with van der Waals surface area (Å²) < 4.78 is 7.12. The number of rotatable bonds is 8. The molecule has 0 bridgehead atoms. The van der Waals surface area contributed by atoms with Crippen molar-refractivity contribution in [2.75, 3.05) is 25.9 Å². The minimum Gasteiger partial charge on any atom is -0.469 e. The van der Waals surface area contributed by atoms with Crippen LogP contribution < -0.4 is 5.73 Å². The number of imidazole rings is 1. The topological polar surface area (TPSA) is 99.2 Å². The number of nitrogens with zero attached hydrogens (tertiary/aromatic N) is 5. The third-order valence-electron chi connectivity index (χ3n) is 10.1. The van der Waals surface area contributed by atoms with Gasteiger partial charge in [-0.1, -0.05) is 56.3 Å². The molecule has 1 saturated carbocycles. The molecule has 7 rings (SSSR count). The van der Waals surface area contributed by atoms with Gasteiger partial charge in [-0.15, -0.1) is 0 Å². The molecule has 0 spiro atoms. The summed E-state index contributed by atoms with van der Waals surface area (Å²) in [6.07, 6.45) is 5.78. The van der Waals surface area contributed by atoms with Gasteiger partial charge in [0.15, 0.2) is 11.5 Å². The Labute approximate surface area is 270 Å². The summed E-state index contributed by atoms with van der Waals surface area (Å²) in [6, 6.07) is 27.5. The van der Waals surface area contributed by atoms with Crippen LogP contribution in [0.5, 0.6) is 0 Å². The number of fused-ring (bicyclic) bond motifs is 1. The van der Waals surface area contributed by atoms with Gasteiger partial charge in [0, 0.05) is 42.5 Å². The van der Waals surface area contributed by atoms with E-state index < -0.39 is 0 Å². The molecule has 0 amide bonds. The molecule has 1 atom stereocenters. The molecule has 1 saturated heterocycles. The molecule has 4 heterocycles. The number of hydrogen-bond donors (Lipinski definition) is 1. The molecule has 0 radical (unpaired) electrons. The van der Waals surface area contributed by atoms with E-state index in [4.69, 9.17) is 20.4 Å². The number of carbonyl (C=O) groups is 1. The van der Waals surface area contributed by atoms with Crippen LogP contribution in [0, 0.1) is 17.8 Å². The van der Waals surface area contributed by atoms with Gasteiger partial charge in [-0.3, -0.25) is 14.3 Å². The lowest BCUT2D eigenvalue weighted by Crippen LogP contribution is -2.55. The van der Waals surface area contributed by atoms with E-state index in [0.29, 0.717) is 29.6 Å². The Morgan fingerprint density at radius 3 is 2.30 bits per heavy atom. The second kappa shape index (κ2) is 12.7. The van der Waals surface area contributed by atoms with Gasteiger partial charge >= 0.3 is 5.97 Å². The van der Waals surface area contributed by atoms with Crippen molar-refractivity contribution in [3.05, 3.63) is 90.6 Å². The average Bonchev–Trinajstić information content (AvgIpc) is 3.45. The lowest BCUT2D eigenvalue weighted by molar-refractivity contribution is -0.147. The van der Waals surface area contributed by atoms with E-state index in [0.717, 1.165) is 78.3 Å². The smallest absolute Gasteiger partial charge is 0.308 e. The van der Waals surface area contributed by atoms with Gasteiger partial charge in [0.2, 0.25) is 0 Å². The average molecular weight is 615 g/mol. The van der Waals surface area contributed by atoms with Crippen molar-refractivity contribution in [3.63, 3.8) is 0 Å². The van der Waals surface area contributed by atoms with E-state index in [-0.39, 0.29) is 11.9 Å². The molecular weight excluding hydrogens is 572 g/mol. The van der Waals surface area contributed by atoms with Gasteiger partial charge in [-0.25, -0.2) is 15.0 Å². The van der Waals surface area contributed by atoms with Crippen molar-refractivity contribution in [3.8, 4) is 28.3 Å². The molecule has 3 aromatic heterocycles. The maximum atomic E-state index is 12.1. The number of hydrogen-bond acceptors (Lipinski definition) is 7. The number of likely N-dealkylation sites (tertiary alicyclic amines) is 1. The summed E-state index contributed by atoms with van der Waals surface area (Å²) >= 11 is 0. The van der Waals surface area contributed by atoms with Gasteiger partial charge in [-0.2, -0.15) is 0 Å². The van der Waals surface area contributed by atoms with Crippen molar-refractivity contribution < 1.29 is 9.53 Å². The van der Waals surface area contributed by atoms with Crippen LogP contribution >= 0.6 is 0 Å². The third kappa shape index (κ3) is 5.66. The van der Waals surface area contributed by atoms with Crippen molar-refractivity contribution in [1.82, 2.24) is 24.4 Å². The summed E-state index contributed by atoms with van der Waals surface area (Å²) in [6.45, 7) is 6.82. The zero-order chi connectivity index (χ0) is 31.8. The van der Waals surface area contributed by atoms with Crippen molar-refractivity contribution in [1.29, 1.82) is 0 Å². The van der Waals surface area contributed by atoms with Crippen LogP contribution in [-0.2, 0) is 9.53 Å². The third-order valence-corrected chi connectivity index (χ3v) is 10.1. The summed E-state index contributed by atoms with van der Waals surface area (Å²) in [5, 5.41) is 0. The number of methoxy groups -OCH3 is 1. The molecular formula is C38H42N6O2. The number of nitrogen functional groups attached to an aromatic ring is 1. The lowest BCUT2D eigenvalue weighted by Gasteiger charge is -2.50. The lowest BCUT2D eigenvalue weighted by atomic mass is 9.73. The molecule has 1 aliphatic carbocycles. The van der Waals surface area contributed by atoms with E-state index in [9.17, 15) is 4.79 Å². The van der Waals surface area contributed by atoms with Gasteiger partial charge in [0.25, 0.3) is 0 Å². The first-order chi connectivity index (χ1) is 22.4.